The fourth-order valence-electron chi connectivity index (χ4n) is 2.11. The number of benzene rings is 2. The Morgan fingerprint density at radius 3 is 2.86 bits per heavy atom. The van der Waals surface area contributed by atoms with E-state index in [0.717, 1.165) is 4.47 Å². The molecule has 0 fully saturated rings. The Morgan fingerprint density at radius 1 is 1.33 bits per heavy atom. The highest BCUT2D eigenvalue weighted by atomic mass is 79.9. The fraction of sp³-hybridized carbons (Fsp3) is 0.0714. The van der Waals surface area contributed by atoms with E-state index in [1.54, 1.807) is 31.4 Å². The number of carboxylic acid groups (broad SMARTS) is 1. The lowest BCUT2D eigenvalue weighted by Gasteiger charge is -2.07. The Labute approximate surface area is 128 Å². The van der Waals surface area contributed by atoms with Gasteiger partial charge >= 0.3 is 5.97 Å². The lowest BCUT2D eigenvalue weighted by molar-refractivity contribution is 0.0698. The summed E-state index contributed by atoms with van der Waals surface area (Å²) in [5, 5.41) is 17.4. The van der Waals surface area contributed by atoms with Gasteiger partial charge in [-0.15, -0.1) is 5.10 Å². The molecule has 1 heterocycles. The standard InChI is InChI=1S/C14H10BrN3O3/c1-21-10-6-8(15)5-9(7-10)18-13-11(14(19)20)3-2-4-12(13)16-17-18/h2-7H,1H3,(H,19,20). The van der Waals surface area contributed by atoms with E-state index in [0.29, 0.717) is 22.5 Å². The lowest BCUT2D eigenvalue weighted by atomic mass is 10.2. The first-order valence-electron chi connectivity index (χ1n) is 6.03. The fourth-order valence-corrected chi connectivity index (χ4v) is 2.57. The lowest BCUT2D eigenvalue weighted by Crippen LogP contribution is -2.03. The van der Waals surface area contributed by atoms with Crippen LogP contribution in [-0.2, 0) is 0 Å². The van der Waals surface area contributed by atoms with Gasteiger partial charge < -0.3 is 9.84 Å². The van der Waals surface area contributed by atoms with Crippen LogP contribution >= 0.6 is 15.9 Å². The number of aromatic carboxylic acids is 1. The molecule has 7 heteroatoms. The molecule has 0 atom stereocenters. The molecule has 21 heavy (non-hydrogen) atoms. The molecule has 1 N–H and O–H groups in total. The quantitative estimate of drug-likeness (QED) is 0.788. The summed E-state index contributed by atoms with van der Waals surface area (Å²) in [6.07, 6.45) is 0. The molecule has 2 aromatic carbocycles. The summed E-state index contributed by atoms with van der Waals surface area (Å²) in [7, 11) is 1.56. The molecule has 1 aromatic heterocycles. The molecule has 0 saturated heterocycles. The normalized spacial score (nSPS) is 10.8. The van der Waals surface area contributed by atoms with Gasteiger partial charge in [-0.2, -0.15) is 0 Å². The Balaban J connectivity index is 2.30. The molecule has 3 aromatic rings. The smallest absolute Gasteiger partial charge is 0.337 e. The van der Waals surface area contributed by atoms with Crippen LogP contribution in [0.2, 0.25) is 0 Å². The first-order chi connectivity index (χ1) is 10.1. The molecule has 0 amide bonds. The number of nitrogens with zero attached hydrogens (tertiary/aromatic N) is 3. The third kappa shape index (κ3) is 2.36. The second-order valence-corrected chi connectivity index (χ2v) is 5.24. The summed E-state index contributed by atoms with van der Waals surface area (Å²) in [5.74, 6) is -0.387. The number of carbonyl (C=O) groups is 1. The first-order valence-corrected chi connectivity index (χ1v) is 6.82. The van der Waals surface area contributed by atoms with Gasteiger partial charge in [0.2, 0.25) is 0 Å². The third-order valence-corrected chi connectivity index (χ3v) is 3.49. The van der Waals surface area contributed by atoms with Gasteiger partial charge in [0.1, 0.15) is 16.8 Å². The van der Waals surface area contributed by atoms with E-state index < -0.39 is 5.97 Å². The SMILES string of the molecule is COc1cc(Br)cc(-n2nnc3cccc(C(=O)O)c32)c1. The van der Waals surface area contributed by atoms with Gasteiger partial charge in [-0.25, -0.2) is 9.48 Å². The minimum Gasteiger partial charge on any atom is -0.497 e. The average molecular weight is 348 g/mol. The summed E-state index contributed by atoms with van der Waals surface area (Å²) in [5.41, 5.74) is 1.79. The molecule has 0 aliphatic carbocycles. The molecular weight excluding hydrogens is 338 g/mol. The van der Waals surface area contributed by atoms with Crippen molar-refractivity contribution in [2.45, 2.75) is 0 Å². The molecule has 0 unspecified atom stereocenters. The molecule has 0 radical (unpaired) electrons. The van der Waals surface area contributed by atoms with Crippen molar-refractivity contribution >= 4 is 32.9 Å². The van der Waals surface area contributed by atoms with Crippen LogP contribution in [0.4, 0.5) is 0 Å². The molecule has 3 rings (SSSR count). The van der Waals surface area contributed by atoms with Gasteiger partial charge in [-0.3, -0.25) is 0 Å². The van der Waals surface area contributed by atoms with E-state index in [1.807, 2.05) is 6.07 Å². The van der Waals surface area contributed by atoms with Crippen molar-refractivity contribution in [2.75, 3.05) is 7.11 Å². The van der Waals surface area contributed by atoms with Crippen molar-refractivity contribution < 1.29 is 14.6 Å². The molecule has 106 valence electrons. The van der Waals surface area contributed by atoms with E-state index in [1.165, 1.54) is 10.7 Å². The first kappa shape index (κ1) is 13.6. The molecule has 0 saturated carbocycles. The molecule has 0 spiro atoms. The summed E-state index contributed by atoms with van der Waals surface area (Å²) < 4.78 is 7.51. The van der Waals surface area contributed by atoms with Crippen molar-refractivity contribution in [3.05, 3.63) is 46.4 Å². The van der Waals surface area contributed by atoms with Crippen molar-refractivity contribution in [1.29, 1.82) is 0 Å². The summed E-state index contributed by atoms with van der Waals surface area (Å²) >= 11 is 3.39. The van der Waals surface area contributed by atoms with E-state index >= 15 is 0 Å². The van der Waals surface area contributed by atoms with E-state index in [2.05, 4.69) is 26.2 Å². The number of methoxy groups -OCH3 is 1. The van der Waals surface area contributed by atoms with E-state index in [-0.39, 0.29) is 5.56 Å². The number of aromatic nitrogens is 3. The highest BCUT2D eigenvalue weighted by molar-refractivity contribution is 9.10. The predicted molar refractivity (Wildman–Crippen MR) is 80.1 cm³/mol. The van der Waals surface area contributed by atoms with E-state index in [4.69, 9.17) is 4.74 Å². The number of rotatable bonds is 3. The Hall–Kier alpha value is -2.41. The maximum absolute atomic E-state index is 11.4. The maximum atomic E-state index is 11.4. The topological polar surface area (TPSA) is 77.2 Å². The van der Waals surface area contributed by atoms with Gasteiger partial charge in [0, 0.05) is 10.5 Å². The second kappa shape index (κ2) is 5.17. The summed E-state index contributed by atoms with van der Waals surface area (Å²) in [6.45, 7) is 0. The summed E-state index contributed by atoms with van der Waals surface area (Å²) in [4.78, 5) is 11.4. The van der Waals surface area contributed by atoms with Crippen LogP contribution in [0.3, 0.4) is 0 Å². The zero-order valence-electron chi connectivity index (χ0n) is 10.9. The van der Waals surface area contributed by atoms with Crippen molar-refractivity contribution in [1.82, 2.24) is 15.0 Å². The number of fused-ring (bicyclic) bond motifs is 1. The van der Waals surface area contributed by atoms with Crippen molar-refractivity contribution in [2.24, 2.45) is 0 Å². The number of ether oxygens (including phenoxy) is 1. The highest BCUT2D eigenvalue weighted by Gasteiger charge is 2.16. The summed E-state index contributed by atoms with van der Waals surface area (Å²) in [6, 6.07) is 10.3. The van der Waals surface area contributed by atoms with Crippen molar-refractivity contribution in [3.63, 3.8) is 0 Å². The van der Waals surface area contributed by atoms with Crippen LogP contribution in [0, 0.1) is 0 Å². The average Bonchev–Trinajstić information content (AvgIpc) is 2.90. The van der Waals surface area contributed by atoms with Crippen LogP contribution in [0.1, 0.15) is 10.4 Å². The Kier molecular flexibility index (Phi) is 3.34. The number of para-hydroxylation sites is 1. The zero-order chi connectivity index (χ0) is 15.0. The maximum Gasteiger partial charge on any atom is 0.337 e. The molecule has 6 nitrogen and oxygen atoms in total. The minimum absolute atomic E-state index is 0.149. The number of hydrogen-bond acceptors (Lipinski definition) is 4. The van der Waals surface area contributed by atoms with Gasteiger partial charge in [-0.05, 0) is 24.3 Å². The van der Waals surface area contributed by atoms with Crippen LogP contribution in [0.25, 0.3) is 16.7 Å². The number of carboxylic acids is 1. The van der Waals surface area contributed by atoms with Gasteiger partial charge in [0.15, 0.2) is 0 Å². The van der Waals surface area contributed by atoms with E-state index in [9.17, 15) is 9.90 Å². The van der Waals surface area contributed by atoms with Crippen LogP contribution in [0.15, 0.2) is 40.9 Å². The number of halogens is 1. The Bertz CT molecular complexity index is 845. The largest absolute Gasteiger partial charge is 0.497 e. The Morgan fingerprint density at radius 2 is 2.14 bits per heavy atom. The van der Waals surface area contributed by atoms with Crippen LogP contribution in [-0.4, -0.2) is 33.2 Å². The second-order valence-electron chi connectivity index (χ2n) is 4.33. The van der Waals surface area contributed by atoms with Crippen LogP contribution in [0.5, 0.6) is 5.75 Å². The molecular formula is C14H10BrN3O3. The molecule has 0 aliphatic heterocycles. The van der Waals surface area contributed by atoms with Gasteiger partial charge in [0.25, 0.3) is 0 Å². The van der Waals surface area contributed by atoms with Gasteiger partial charge in [-0.1, -0.05) is 27.2 Å². The highest BCUT2D eigenvalue weighted by Crippen LogP contribution is 2.26. The van der Waals surface area contributed by atoms with Gasteiger partial charge in [0.05, 0.1) is 18.4 Å². The third-order valence-electron chi connectivity index (χ3n) is 3.04. The van der Waals surface area contributed by atoms with Crippen molar-refractivity contribution in [3.8, 4) is 11.4 Å². The zero-order valence-corrected chi connectivity index (χ0v) is 12.5. The van der Waals surface area contributed by atoms with Crippen LogP contribution < -0.4 is 4.74 Å². The monoisotopic (exact) mass is 347 g/mol. The molecule has 0 bridgehead atoms. The predicted octanol–water partition coefficient (Wildman–Crippen LogP) is 2.89. The minimum atomic E-state index is -1.02. The molecule has 0 aliphatic rings. The number of hydrogen-bond donors (Lipinski definition) is 1.